The first-order valence-electron chi connectivity index (χ1n) is 12.6. The third kappa shape index (κ3) is 7.59. The minimum absolute atomic E-state index is 0.0710. The average molecular weight is 566 g/mol. The third-order valence-electron chi connectivity index (χ3n) is 6.26. The molecule has 1 heterocycles. The van der Waals surface area contributed by atoms with E-state index < -0.39 is 6.04 Å². The zero-order chi connectivity index (χ0) is 26.2. The van der Waals surface area contributed by atoms with Gasteiger partial charge >= 0.3 is 0 Å². The van der Waals surface area contributed by atoms with Crippen molar-refractivity contribution < 1.29 is 19.1 Å². The van der Waals surface area contributed by atoms with Gasteiger partial charge < -0.3 is 19.7 Å². The summed E-state index contributed by atoms with van der Waals surface area (Å²) in [5.74, 6) is 1.52. The molecule has 0 aliphatic carbocycles. The fraction of sp³-hybridized carbons (Fsp3) is 0.333. The van der Waals surface area contributed by atoms with Crippen LogP contribution in [0.15, 0.2) is 77.3 Å². The van der Waals surface area contributed by atoms with Crippen LogP contribution in [0.25, 0.3) is 0 Å². The van der Waals surface area contributed by atoms with Crippen molar-refractivity contribution in [1.29, 1.82) is 0 Å². The summed E-state index contributed by atoms with van der Waals surface area (Å²) in [4.78, 5) is 29.0. The predicted octanol–water partition coefficient (Wildman–Crippen LogP) is 5.52. The Labute approximate surface area is 227 Å². The van der Waals surface area contributed by atoms with Crippen LogP contribution in [0.5, 0.6) is 11.5 Å². The van der Waals surface area contributed by atoms with E-state index in [2.05, 4.69) is 35.1 Å². The predicted molar refractivity (Wildman–Crippen MR) is 147 cm³/mol. The van der Waals surface area contributed by atoms with E-state index in [1.807, 2.05) is 72.8 Å². The second kappa shape index (κ2) is 12.8. The van der Waals surface area contributed by atoms with Gasteiger partial charge in [-0.15, -0.1) is 0 Å². The molecule has 0 bridgehead atoms. The maximum Gasteiger partial charge on any atom is 0.243 e. The molecule has 37 heavy (non-hydrogen) atoms. The molecule has 1 atom stereocenters. The minimum Gasteiger partial charge on any atom is -0.454 e. The van der Waals surface area contributed by atoms with Gasteiger partial charge in [0.1, 0.15) is 6.04 Å². The summed E-state index contributed by atoms with van der Waals surface area (Å²) in [6.45, 7) is 5.22. The van der Waals surface area contributed by atoms with E-state index in [-0.39, 0.29) is 25.0 Å². The van der Waals surface area contributed by atoms with Crippen molar-refractivity contribution in [2.24, 2.45) is 5.92 Å². The number of aryl methyl sites for hydroxylation is 1. The quantitative estimate of drug-likeness (QED) is 0.333. The Balaban J connectivity index is 1.59. The van der Waals surface area contributed by atoms with Gasteiger partial charge in [0, 0.05) is 30.4 Å². The molecule has 1 unspecified atom stereocenters. The SMILES string of the molecule is CC(C)CNC(=O)C(Cc1ccccc1)N(Cc1cccc(Br)c1)C(=O)CCc1ccc2c(c1)OCO2. The molecule has 0 fully saturated rings. The lowest BCUT2D eigenvalue weighted by Crippen LogP contribution is -2.51. The van der Waals surface area contributed by atoms with Gasteiger partial charge in [-0.2, -0.15) is 0 Å². The molecule has 1 N–H and O–H groups in total. The van der Waals surface area contributed by atoms with Gasteiger partial charge in [-0.05, 0) is 53.3 Å². The molecule has 7 heteroatoms. The lowest BCUT2D eigenvalue weighted by atomic mass is 10.0. The van der Waals surface area contributed by atoms with Gasteiger partial charge in [0.15, 0.2) is 11.5 Å². The number of carbonyl (C=O) groups excluding carboxylic acids is 2. The largest absolute Gasteiger partial charge is 0.454 e. The monoisotopic (exact) mass is 564 g/mol. The third-order valence-corrected chi connectivity index (χ3v) is 6.76. The topological polar surface area (TPSA) is 67.9 Å². The molecule has 2 amide bonds. The molecule has 0 aromatic heterocycles. The van der Waals surface area contributed by atoms with Crippen molar-refractivity contribution in [2.75, 3.05) is 13.3 Å². The molecule has 0 saturated carbocycles. The normalized spacial score (nSPS) is 12.9. The first-order valence-corrected chi connectivity index (χ1v) is 13.4. The van der Waals surface area contributed by atoms with Crippen LogP contribution in [-0.2, 0) is 29.0 Å². The van der Waals surface area contributed by atoms with Crippen LogP contribution in [0.3, 0.4) is 0 Å². The van der Waals surface area contributed by atoms with E-state index in [9.17, 15) is 9.59 Å². The van der Waals surface area contributed by atoms with Crippen molar-refractivity contribution in [3.05, 3.63) is 94.0 Å². The second-order valence-electron chi connectivity index (χ2n) is 9.68. The number of carbonyl (C=O) groups is 2. The van der Waals surface area contributed by atoms with E-state index in [1.165, 1.54) is 0 Å². The van der Waals surface area contributed by atoms with Crippen LogP contribution in [0.4, 0.5) is 0 Å². The molecule has 0 radical (unpaired) electrons. The number of halogens is 1. The summed E-state index contributed by atoms with van der Waals surface area (Å²) in [5.41, 5.74) is 2.96. The Bertz CT molecular complexity index is 1220. The molecule has 0 saturated heterocycles. The number of fused-ring (bicyclic) bond motifs is 1. The van der Waals surface area contributed by atoms with Gasteiger partial charge in [0.05, 0.1) is 0 Å². The van der Waals surface area contributed by atoms with Crippen molar-refractivity contribution in [3.8, 4) is 11.5 Å². The van der Waals surface area contributed by atoms with Crippen molar-refractivity contribution in [2.45, 2.75) is 45.7 Å². The Morgan fingerprint density at radius 1 is 0.919 bits per heavy atom. The fourth-order valence-electron chi connectivity index (χ4n) is 4.30. The average Bonchev–Trinajstić information content (AvgIpc) is 3.36. The summed E-state index contributed by atoms with van der Waals surface area (Å²) >= 11 is 3.53. The zero-order valence-corrected chi connectivity index (χ0v) is 22.9. The van der Waals surface area contributed by atoms with Gasteiger partial charge in [-0.25, -0.2) is 0 Å². The molecule has 0 spiro atoms. The number of benzene rings is 3. The lowest BCUT2D eigenvalue weighted by molar-refractivity contribution is -0.141. The van der Waals surface area contributed by atoms with E-state index >= 15 is 0 Å². The minimum atomic E-state index is -0.635. The molecule has 4 rings (SSSR count). The van der Waals surface area contributed by atoms with Crippen molar-refractivity contribution in [3.63, 3.8) is 0 Å². The second-order valence-corrected chi connectivity index (χ2v) is 10.6. The summed E-state index contributed by atoms with van der Waals surface area (Å²) in [7, 11) is 0. The van der Waals surface area contributed by atoms with Crippen LogP contribution < -0.4 is 14.8 Å². The molecule has 6 nitrogen and oxygen atoms in total. The zero-order valence-electron chi connectivity index (χ0n) is 21.3. The van der Waals surface area contributed by atoms with Crippen LogP contribution >= 0.6 is 15.9 Å². The van der Waals surface area contributed by atoms with Crippen LogP contribution in [0.2, 0.25) is 0 Å². The molecular weight excluding hydrogens is 532 g/mol. The molecular formula is C30H33BrN2O4. The van der Waals surface area contributed by atoms with E-state index in [4.69, 9.17) is 9.47 Å². The summed E-state index contributed by atoms with van der Waals surface area (Å²) in [6.07, 6.45) is 1.25. The summed E-state index contributed by atoms with van der Waals surface area (Å²) in [5, 5.41) is 3.06. The maximum absolute atomic E-state index is 13.8. The number of nitrogens with zero attached hydrogens (tertiary/aromatic N) is 1. The van der Waals surface area contributed by atoms with E-state index in [0.29, 0.717) is 37.6 Å². The van der Waals surface area contributed by atoms with E-state index in [1.54, 1.807) is 4.90 Å². The first kappa shape index (κ1) is 26.7. The number of nitrogens with one attached hydrogen (secondary N) is 1. The molecule has 1 aliphatic rings. The lowest BCUT2D eigenvalue weighted by Gasteiger charge is -2.32. The van der Waals surface area contributed by atoms with Crippen LogP contribution in [-0.4, -0.2) is 36.1 Å². The number of amides is 2. The fourth-order valence-corrected chi connectivity index (χ4v) is 4.75. The number of ether oxygens (including phenoxy) is 2. The maximum atomic E-state index is 13.8. The standard InChI is InChI=1S/C30H33BrN2O4/c1-21(2)18-32-30(35)26(16-22-7-4-3-5-8-22)33(19-24-9-6-10-25(31)15-24)29(34)14-12-23-11-13-27-28(17-23)37-20-36-27/h3-11,13,15,17,21,26H,12,14,16,18-20H2,1-2H3,(H,32,35). The highest BCUT2D eigenvalue weighted by molar-refractivity contribution is 9.10. The number of hydrogen-bond acceptors (Lipinski definition) is 4. The Kier molecular flexibility index (Phi) is 9.23. The van der Waals surface area contributed by atoms with Crippen molar-refractivity contribution >= 4 is 27.7 Å². The molecule has 3 aromatic carbocycles. The molecule has 3 aromatic rings. The number of rotatable bonds is 11. The van der Waals surface area contributed by atoms with E-state index in [0.717, 1.165) is 26.9 Å². The number of hydrogen-bond donors (Lipinski definition) is 1. The van der Waals surface area contributed by atoms with Crippen molar-refractivity contribution in [1.82, 2.24) is 10.2 Å². The highest BCUT2D eigenvalue weighted by Crippen LogP contribution is 2.33. The van der Waals surface area contributed by atoms with Crippen LogP contribution in [0.1, 0.15) is 37.0 Å². The van der Waals surface area contributed by atoms with Crippen LogP contribution in [0, 0.1) is 5.92 Å². The van der Waals surface area contributed by atoms with Gasteiger partial charge in [-0.1, -0.05) is 78.3 Å². The first-order chi connectivity index (χ1) is 17.9. The Morgan fingerprint density at radius 2 is 1.68 bits per heavy atom. The summed E-state index contributed by atoms with van der Waals surface area (Å²) in [6, 6.07) is 22.8. The summed E-state index contributed by atoms with van der Waals surface area (Å²) < 4.78 is 11.8. The highest BCUT2D eigenvalue weighted by atomic mass is 79.9. The van der Waals surface area contributed by atoms with Gasteiger partial charge in [-0.3, -0.25) is 9.59 Å². The van der Waals surface area contributed by atoms with Gasteiger partial charge in [0.2, 0.25) is 18.6 Å². The molecule has 194 valence electrons. The Hall–Kier alpha value is -3.32. The molecule has 1 aliphatic heterocycles. The highest BCUT2D eigenvalue weighted by Gasteiger charge is 2.30. The Morgan fingerprint density at radius 3 is 2.43 bits per heavy atom. The van der Waals surface area contributed by atoms with Gasteiger partial charge in [0.25, 0.3) is 0 Å². The smallest absolute Gasteiger partial charge is 0.243 e.